The van der Waals surface area contributed by atoms with Crippen molar-refractivity contribution in [2.45, 2.75) is 44.2 Å². The summed E-state index contributed by atoms with van der Waals surface area (Å²) in [7, 11) is 3.14. The highest BCUT2D eigenvalue weighted by Gasteiger charge is 2.33. The Morgan fingerprint density at radius 1 is 0.968 bits per heavy atom. The standard InChI is InChI=1S/C25H28N2O4/c1-4-23(28)27(20-12-16-22(31-3)17-13-20)24(18-10-14-21(30-2)15-11-18)25(29)26-19-8-6-5-7-9-19/h1,10-17,19,24H,5-9H2,2-3H3,(H,26,29)/t24-/m1/s1. The van der Waals surface area contributed by atoms with E-state index in [-0.39, 0.29) is 11.9 Å². The van der Waals surface area contributed by atoms with Gasteiger partial charge in [-0.05, 0) is 60.7 Å². The topological polar surface area (TPSA) is 67.9 Å². The van der Waals surface area contributed by atoms with Gasteiger partial charge in [-0.1, -0.05) is 31.4 Å². The molecule has 1 fully saturated rings. The van der Waals surface area contributed by atoms with E-state index in [1.54, 1.807) is 62.8 Å². The second-order valence-electron chi connectivity index (χ2n) is 7.54. The number of ether oxygens (including phenoxy) is 2. The van der Waals surface area contributed by atoms with Crippen LogP contribution in [0.15, 0.2) is 48.5 Å². The number of anilines is 1. The van der Waals surface area contributed by atoms with Crippen molar-refractivity contribution >= 4 is 17.5 Å². The molecule has 1 atom stereocenters. The second kappa shape index (κ2) is 10.5. The lowest BCUT2D eigenvalue weighted by Gasteiger charge is -2.32. The van der Waals surface area contributed by atoms with Crippen LogP contribution in [0.3, 0.4) is 0 Å². The van der Waals surface area contributed by atoms with Gasteiger partial charge in [0.2, 0.25) is 5.91 Å². The molecule has 0 spiro atoms. The molecule has 0 bridgehead atoms. The molecular formula is C25H28N2O4. The molecule has 0 aromatic heterocycles. The molecule has 31 heavy (non-hydrogen) atoms. The highest BCUT2D eigenvalue weighted by molar-refractivity contribution is 6.09. The van der Waals surface area contributed by atoms with E-state index in [1.807, 2.05) is 0 Å². The van der Waals surface area contributed by atoms with Gasteiger partial charge in [-0.3, -0.25) is 14.5 Å². The maximum atomic E-state index is 13.5. The van der Waals surface area contributed by atoms with E-state index in [1.165, 1.54) is 11.3 Å². The summed E-state index contributed by atoms with van der Waals surface area (Å²) in [5.41, 5.74) is 1.16. The molecule has 2 aromatic rings. The number of nitrogens with one attached hydrogen (secondary N) is 1. The number of amides is 2. The van der Waals surface area contributed by atoms with Crippen LogP contribution in [0.2, 0.25) is 0 Å². The molecule has 6 heteroatoms. The summed E-state index contributed by atoms with van der Waals surface area (Å²) < 4.78 is 10.5. The van der Waals surface area contributed by atoms with E-state index in [2.05, 4.69) is 11.2 Å². The average molecular weight is 421 g/mol. The van der Waals surface area contributed by atoms with Gasteiger partial charge in [0.15, 0.2) is 0 Å². The molecular weight excluding hydrogens is 392 g/mol. The second-order valence-corrected chi connectivity index (χ2v) is 7.54. The van der Waals surface area contributed by atoms with Gasteiger partial charge in [0, 0.05) is 11.7 Å². The van der Waals surface area contributed by atoms with E-state index in [0.717, 1.165) is 25.7 Å². The van der Waals surface area contributed by atoms with Gasteiger partial charge in [-0.2, -0.15) is 0 Å². The highest BCUT2D eigenvalue weighted by atomic mass is 16.5. The molecule has 6 nitrogen and oxygen atoms in total. The Bertz CT molecular complexity index is 925. The third-order valence-electron chi connectivity index (χ3n) is 5.58. The van der Waals surface area contributed by atoms with Crippen molar-refractivity contribution in [1.82, 2.24) is 5.32 Å². The molecule has 1 aliphatic rings. The lowest BCUT2D eigenvalue weighted by atomic mass is 9.94. The quantitative estimate of drug-likeness (QED) is 0.691. The predicted octanol–water partition coefficient (Wildman–Crippen LogP) is 3.86. The van der Waals surface area contributed by atoms with Gasteiger partial charge in [-0.25, -0.2) is 0 Å². The number of hydrogen-bond donors (Lipinski definition) is 1. The molecule has 2 amide bonds. The maximum Gasteiger partial charge on any atom is 0.303 e. The van der Waals surface area contributed by atoms with Crippen molar-refractivity contribution in [3.05, 3.63) is 54.1 Å². The van der Waals surface area contributed by atoms with E-state index in [4.69, 9.17) is 15.9 Å². The Hall–Kier alpha value is -3.46. The number of carbonyl (C=O) groups excluding carboxylic acids is 2. The van der Waals surface area contributed by atoms with Crippen molar-refractivity contribution < 1.29 is 19.1 Å². The SMILES string of the molecule is C#CC(=O)N(c1ccc(OC)cc1)[C@@H](C(=O)NC1CCCCC1)c1ccc(OC)cc1. The summed E-state index contributed by atoms with van der Waals surface area (Å²) in [5.74, 6) is 2.63. The number of nitrogens with zero attached hydrogens (tertiary/aromatic N) is 1. The zero-order valence-corrected chi connectivity index (χ0v) is 18.0. The molecule has 1 aliphatic carbocycles. The molecule has 162 valence electrons. The Morgan fingerprint density at radius 2 is 1.52 bits per heavy atom. The minimum Gasteiger partial charge on any atom is -0.497 e. The fourth-order valence-electron chi connectivity index (χ4n) is 3.93. The molecule has 0 aliphatic heterocycles. The highest BCUT2D eigenvalue weighted by Crippen LogP contribution is 2.31. The first-order chi connectivity index (χ1) is 15.1. The minimum absolute atomic E-state index is 0.0978. The molecule has 0 unspecified atom stereocenters. The zero-order valence-electron chi connectivity index (χ0n) is 18.0. The lowest BCUT2D eigenvalue weighted by Crippen LogP contribution is -2.47. The van der Waals surface area contributed by atoms with Crippen LogP contribution in [0.1, 0.15) is 43.7 Å². The first kappa shape index (κ1) is 22.2. The molecule has 1 N–H and O–H groups in total. The van der Waals surface area contributed by atoms with Crippen LogP contribution < -0.4 is 19.7 Å². The fraction of sp³-hybridized carbons (Fsp3) is 0.360. The molecule has 3 rings (SSSR count). The molecule has 2 aromatic carbocycles. The van der Waals surface area contributed by atoms with Crippen molar-refractivity contribution in [3.63, 3.8) is 0 Å². The third kappa shape index (κ3) is 5.37. The van der Waals surface area contributed by atoms with Crippen LogP contribution in [0.25, 0.3) is 0 Å². The van der Waals surface area contributed by atoms with Crippen LogP contribution in [-0.2, 0) is 9.59 Å². The number of hydrogen-bond acceptors (Lipinski definition) is 4. The third-order valence-corrected chi connectivity index (χ3v) is 5.58. The molecule has 0 heterocycles. The number of terminal acetylenes is 1. The predicted molar refractivity (Wildman–Crippen MR) is 120 cm³/mol. The summed E-state index contributed by atoms with van der Waals surface area (Å²) in [5, 5.41) is 3.14. The maximum absolute atomic E-state index is 13.5. The van der Waals surface area contributed by atoms with Gasteiger partial charge in [0.1, 0.15) is 17.5 Å². The molecule has 1 saturated carbocycles. The van der Waals surface area contributed by atoms with Crippen molar-refractivity contribution in [2.75, 3.05) is 19.1 Å². The minimum atomic E-state index is -0.912. The van der Waals surface area contributed by atoms with Crippen molar-refractivity contribution in [3.8, 4) is 23.8 Å². The molecule has 0 saturated heterocycles. The Kier molecular flexibility index (Phi) is 7.55. The van der Waals surface area contributed by atoms with E-state index in [0.29, 0.717) is 22.7 Å². The van der Waals surface area contributed by atoms with Crippen LogP contribution in [0.5, 0.6) is 11.5 Å². The van der Waals surface area contributed by atoms with Crippen LogP contribution in [-0.4, -0.2) is 32.1 Å². The average Bonchev–Trinajstić information content (AvgIpc) is 2.83. The van der Waals surface area contributed by atoms with Gasteiger partial charge >= 0.3 is 5.91 Å². The van der Waals surface area contributed by atoms with E-state index < -0.39 is 11.9 Å². The number of methoxy groups -OCH3 is 2. The first-order valence-electron chi connectivity index (χ1n) is 10.5. The molecule has 0 radical (unpaired) electrons. The van der Waals surface area contributed by atoms with Crippen molar-refractivity contribution in [2.24, 2.45) is 0 Å². The van der Waals surface area contributed by atoms with Gasteiger partial charge in [-0.15, -0.1) is 6.42 Å². The number of benzene rings is 2. The van der Waals surface area contributed by atoms with Crippen LogP contribution in [0, 0.1) is 12.3 Å². The Balaban J connectivity index is 2.01. The zero-order chi connectivity index (χ0) is 22.2. The van der Waals surface area contributed by atoms with Gasteiger partial charge in [0.25, 0.3) is 0 Å². The number of carbonyl (C=O) groups is 2. The first-order valence-corrected chi connectivity index (χ1v) is 10.5. The van der Waals surface area contributed by atoms with E-state index >= 15 is 0 Å². The summed E-state index contributed by atoms with van der Waals surface area (Å²) in [6.07, 6.45) is 10.7. The van der Waals surface area contributed by atoms with E-state index in [9.17, 15) is 9.59 Å². The Labute approximate surface area is 183 Å². The largest absolute Gasteiger partial charge is 0.497 e. The Morgan fingerprint density at radius 3 is 2.03 bits per heavy atom. The van der Waals surface area contributed by atoms with Crippen LogP contribution in [0.4, 0.5) is 5.69 Å². The summed E-state index contributed by atoms with van der Waals surface area (Å²) in [6.45, 7) is 0. The number of rotatable bonds is 7. The van der Waals surface area contributed by atoms with Crippen molar-refractivity contribution in [1.29, 1.82) is 0 Å². The summed E-state index contributed by atoms with van der Waals surface area (Å²) in [6, 6.07) is 13.2. The smallest absolute Gasteiger partial charge is 0.303 e. The lowest BCUT2D eigenvalue weighted by molar-refractivity contribution is -0.125. The normalized spacial score (nSPS) is 14.7. The van der Waals surface area contributed by atoms with Gasteiger partial charge in [0.05, 0.1) is 14.2 Å². The fourth-order valence-corrected chi connectivity index (χ4v) is 3.93. The summed E-state index contributed by atoms with van der Waals surface area (Å²) >= 11 is 0. The summed E-state index contributed by atoms with van der Waals surface area (Å²) in [4.78, 5) is 27.7. The monoisotopic (exact) mass is 420 g/mol. The van der Waals surface area contributed by atoms with Gasteiger partial charge < -0.3 is 14.8 Å². The van der Waals surface area contributed by atoms with Crippen LogP contribution >= 0.6 is 0 Å².